The van der Waals surface area contributed by atoms with Gasteiger partial charge in [0.2, 0.25) is 0 Å². The maximum Gasteiger partial charge on any atom is 0.147 e. The van der Waals surface area contributed by atoms with Gasteiger partial charge in [0, 0.05) is 5.56 Å². The molecule has 1 fully saturated rings. The molecule has 4 aromatic carbocycles. The van der Waals surface area contributed by atoms with Crippen LogP contribution in [0, 0.1) is 11.8 Å². The maximum absolute atomic E-state index is 6.49. The lowest BCUT2D eigenvalue weighted by Crippen LogP contribution is -2.38. The van der Waals surface area contributed by atoms with Gasteiger partial charge in [-0.15, -0.1) is 0 Å². The zero-order chi connectivity index (χ0) is 25.8. The van der Waals surface area contributed by atoms with Crippen molar-refractivity contribution in [1.82, 2.24) is 0 Å². The van der Waals surface area contributed by atoms with Crippen LogP contribution >= 0.6 is 0 Å². The Morgan fingerprint density at radius 3 is 1.58 bits per heavy atom. The summed E-state index contributed by atoms with van der Waals surface area (Å²) in [5.41, 5.74) is 4.23. The number of rotatable bonds is 10. The molecular formula is C34H32O4. The second-order valence-corrected chi connectivity index (χ2v) is 9.25. The van der Waals surface area contributed by atoms with Crippen LogP contribution in [0.5, 0.6) is 0 Å². The molecule has 38 heavy (non-hydrogen) atoms. The fraction of sp³-hybridized carbons (Fsp3) is 0.235. The van der Waals surface area contributed by atoms with Gasteiger partial charge in [-0.2, -0.15) is 0 Å². The Kier molecular flexibility index (Phi) is 9.35. The molecule has 4 atom stereocenters. The minimum Gasteiger partial charge on any atom is -0.374 e. The molecule has 0 unspecified atom stereocenters. The maximum atomic E-state index is 6.49. The van der Waals surface area contributed by atoms with Crippen LogP contribution in [-0.2, 0) is 38.8 Å². The van der Waals surface area contributed by atoms with Gasteiger partial charge in [0.25, 0.3) is 0 Å². The Hall–Kier alpha value is -3.72. The summed E-state index contributed by atoms with van der Waals surface area (Å²) in [7, 11) is 0. The summed E-state index contributed by atoms with van der Waals surface area (Å²) >= 11 is 0. The van der Waals surface area contributed by atoms with Gasteiger partial charge in [-0.05, 0) is 28.8 Å². The first-order valence-electron chi connectivity index (χ1n) is 13.0. The third-order valence-corrected chi connectivity index (χ3v) is 6.41. The van der Waals surface area contributed by atoms with E-state index in [1.165, 1.54) is 0 Å². The Labute approximate surface area is 225 Å². The molecule has 4 heteroatoms. The third kappa shape index (κ3) is 7.41. The van der Waals surface area contributed by atoms with Gasteiger partial charge < -0.3 is 18.9 Å². The molecule has 0 aromatic heterocycles. The highest BCUT2D eigenvalue weighted by Gasteiger charge is 2.46. The molecule has 1 aliphatic rings. The molecule has 0 spiro atoms. The van der Waals surface area contributed by atoms with Crippen LogP contribution in [0.15, 0.2) is 121 Å². The highest BCUT2D eigenvalue weighted by molar-refractivity contribution is 5.35. The summed E-state index contributed by atoms with van der Waals surface area (Å²) < 4.78 is 25.5. The number of benzene rings is 4. The normalized spacial score (nSPS) is 20.5. The van der Waals surface area contributed by atoms with Gasteiger partial charge in [0.1, 0.15) is 24.4 Å². The number of ether oxygens (including phenoxy) is 4. The Balaban J connectivity index is 1.35. The van der Waals surface area contributed by atoms with Gasteiger partial charge in [0.15, 0.2) is 0 Å². The summed E-state index contributed by atoms with van der Waals surface area (Å²) in [6, 6.07) is 40.4. The van der Waals surface area contributed by atoms with Gasteiger partial charge in [0.05, 0.1) is 26.4 Å². The van der Waals surface area contributed by atoms with E-state index in [0.717, 1.165) is 22.3 Å². The Morgan fingerprint density at radius 1 is 0.553 bits per heavy atom. The van der Waals surface area contributed by atoms with Crippen LogP contribution in [-0.4, -0.2) is 31.0 Å². The molecule has 0 saturated carbocycles. The van der Waals surface area contributed by atoms with E-state index in [-0.39, 0.29) is 18.3 Å². The molecule has 1 heterocycles. The second kappa shape index (κ2) is 13.7. The van der Waals surface area contributed by atoms with Crippen LogP contribution in [0.2, 0.25) is 0 Å². The van der Waals surface area contributed by atoms with Gasteiger partial charge in [-0.25, -0.2) is 0 Å². The minimum atomic E-state index is -0.454. The van der Waals surface area contributed by atoms with Crippen LogP contribution in [0.1, 0.15) is 22.3 Å². The van der Waals surface area contributed by atoms with Crippen molar-refractivity contribution in [2.75, 3.05) is 6.61 Å². The summed E-state index contributed by atoms with van der Waals surface area (Å²) in [4.78, 5) is 0. The highest BCUT2D eigenvalue weighted by Crippen LogP contribution is 2.29. The summed E-state index contributed by atoms with van der Waals surface area (Å²) in [6.45, 7) is 1.78. The van der Waals surface area contributed by atoms with Gasteiger partial charge in [-0.1, -0.05) is 121 Å². The van der Waals surface area contributed by atoms with E-state index in [0.29, 0.717) is 26.4 Å². The Bertz CT molecular complexity index is 1280. The molecule has 192 valence electrons. The standard InChI is InChI=1S/C34H32O4/c1-5-13-27(14-6-1)21-22-31-33(36-24-29-17-9-3-10-18-29)34(37-25-30-19-11-4-12-20-30)32(38-31)26-35-23-28-15-7-2-8-16-28/h1-20,31-34H,23-26H2/t31-,32+,33+,34-/m1/s1. The molecule has 1 aliphatic heterocycles. The SMILES string of the molecule is C(#C[C@H]1O[C@@H](COCc2ccccc2)[C@@H](OCc2ccccc2)[C@H]1OCc1ccccc1)c1ccccc1. The summed E-state index contributed by atoms with van der Waals surface area (Å²) in [5.74, 6) is 6.58. The van der Waals surface area contributed by atoms with Gasteiger partial charge >= 0.3 is 0 Å². The van der Waals surface area contributed by atoms with Crippen molar-refractivity contribution in [1.29, 1.82) is 0 Å². The lowest BCUT2D eigenvalue weighted by Gasteiger charge is -2.24. The van der Waals surface area contributed by atoms with Crippen LogP contribution in [0.25, 0.3) is 0 Å². The third-order valence-electron chi connectivity index (χ3n) is 6.41. The monoisotopic (exact) mass is 504 g/mol. The topological polar surface area (TPSA) is 36.9 Å². The molecule has 0 radical (unpaired) electrons. The zero-order valence-electron chi connectivity index (χ0n) is 21.3. The summed E-state index contributed by atoms with van der Waals surface area (Å²) in [6.07, 6.45) is -1.49. The fourth-order valence-corrected chi connectivity index (χ4v) is 4.44. The van der Waals surface area contributed by atoms with Crippen molar-refractivity contribution in [3.05, 3.63) is 144 Å². The lowest BCUT2D eigenvalue weighted by molar-refractivity contribution is -0.0896. The Morgan fingerprint density at radius 2 is 1.03 bits per heavy atom. The zero-order valence-corrected chi connectivity index (χ0v) is 21.3. The second-order valence-electron chi connectivity index (χ2n) is 9.25. The predicted molar refractivity (Wildman–Crippen MR) is 148 cm³/mol. The van der Waals surface area contributed by atoms with E-state index in [1.54, 1.807) is 0 Å². The predicted octanol–water partition coefficient (Wildman–Crippen LogP) is 6.19. The van der Waals surface area contributed by atoms with Gasteiger partial charge in [-0.3, -0.25) is 0 Å². The van der Waals surface area contributed by atoms with E-state index in [4.69, 9.17) is 18.9 Å². The first kappa shape index (κ1) is 25.9. The van der Waals surface area contributed by atoms with E-state index < -0.39 is 6.10 Å². The number of hydrogen-bond acceptors (Lipinski definition) is 4. The van der Waals surface area contributed by atoms with Crippen molar-refractivity contribution in [3.63, 3.8) is 0 Å². The lowest BCUT2D eigenvalue weighted by atomic mass is 10.1. The van der Waals surface area contributed by atoms with Crippen molar-refractivity contribution < 1.29 is 18.9 Å². The van der Waals surface area contributed by atoms with Crippen molar-refractivity contribution in [3.8, 4) is 11.8 Å². The van der Waals surface area contributed by atoms with Crippen molar-refractivity contribution in [2.45, 2.75) is 44.2 Å². The highest BCUT2D eigenvalue weighted by atomic mass is 16.6. The molecule has 0 bridgehead atoms. The molecular weight excluding hydrogens is 472 g/mol. The quantitative estimate of drug-likeness (QED) is 0.241. The minimum absolute atomic E-state index is 0.321. The smallest absolute Gasteiger partial charge is 0.147 e. The molecule has 0 aliphatic carbocycles. The first-order valence-corrected chi connectivity index (χ1v) is 13.0. The van der Waals surface area contributed by atoms with E-state index in [9.17, 15) is 0 Å². The number of hydrogen-bond donors (Lipinski definition) is 0. The fourth-order valence-electron chi connectivity index (χ4n) is 4.44. The average Bonchev–Trinajstić information content (AvgIpc) is 3.32. The van der Waals surface area contributed by atoms with E-state index in [2.05, 4.69) is 48.2 Å². The first-order chi connectivity index (χ1) is 18.8. The largest absolute Gasteiger partial charge is 0.374 e. The molecule has 4 aromatic rings. The van der Waals surface area contributed by atoms with Crippen molar-refractivity contribution in [2.24, 2.45) is 0 Å². The molecule has 4 nitrogen and oxygen atoms in total. The van der Waals surface area contributed by atoms with Crippen LogP contribution < -0.4 is 0 Å². The molecule has 0 N–H and O–H groups in total. The average molecular weight is 505 g/mol. The molecule has 0 amide bonds. The van der Waals surface area contributed by atoms with Crippen LogP contribution in [0.4, 0.5) is 0 Å². The van der Waals surface area contributed by atoms with Crippen LogP contribution in [0.3, 0.4) is 0 Å². The van der Waals surface area contributed by atoms with E-state index >= 15 is 0 Å². The molecule has 1 saturated heterocycles. The van der Waals surface area contributed by atoms with E-state index in [1.807, 2.05) is 84.9 Å². The molecule has 5 rings (SSSR count). The summed E-state index contributed by atoms with van der Waals surface area (Å²) in [5, 5.41) is 0. The van der Waals surface area contributed by atoms with Crippen molar-refractivity contribution >= 4 is 0 Å².